The smallest absolute Gasteiger partial charge is 0.256 e. The summed E-state index contributed by atoms with van der Waals surface area (Å²) in [5, 5.41) is 2.72. The Balaban J connectivity index is 1.42. The van der Waals surface area contributed by atoms with Crippen molar-refractivity contribution in [1.29, 1.82) is 0 Å². The van der Waals surface area contributed by atoms with Gasteiger partial charge in [0.2, 0.25) is 15.9 Å². The lowest BCUT2D eigenvalue weighted by Gasteiger charge is -2.20. The molecule has 2 aliphatic heterocycles. The monoisotopic (exact) mass is 483 g/mol. The molecule has 5 rings (SSSR count). The third-order valence-corrected chi connectivity index (χ3v) is 7.54. The van der Waals surface area contributed by atoms with E-state index in [2.05, 4.69) is 10.0 Å². The van der Waals surface area contributed by atoms with Crippen LogP contribution in [-0.4, -0.2) is 43.8 Å². The lowest BCUT2D eigenvalue weighted by Crippen LogP contribution is -2.41. The van der Waals surface area contributed by atoms with Gasteiger partial charge in [0.15, 0.2) is 0 Å². The number of benzene rings is 3. The first kappa shape index (κ1) is 22.2. The fraction of sp³-hybridized carbons (Fsp3) is 0.167. The van der Waals surface area contributed by atoms with Crippen molar-refractivity contribution in [2.45, 2.75) is 23.4 Å². The molecule has 2 heterocycles. The molecule has 2 N–H and O–H groups in total. The van der Waals surface area contributed by atoms with Gasteiger partial charge in [0.25, 0.3) is 5.91 Å². The van der Waals surface area contributed by atoms with Crippen LogP contribution in [0.1, 0.15) is 16.8 Å². The van der Waals surface area contributed by atoms with Crippen LogP contribution >= 0.6 is 0 Å². The average molecular weight is 483 g/mol. The topological polar surface area (TPSA) is 95.6 Å². The zero-order chi connectivity index (χ0) is 24.0. The summed E-state index contributed by atoms with van der Waals surface area (Å²) >= 11 is 0. The first-order valence-electron chi connectivity index (χ1n) is 10.5. The number of carbonyl (C=O) groups is 2. The molecule has 2 aliphatic rings. The van der Waals surface area contributed by atoms with E-state index in [0.29, 0.717) is 16.8 Å². The molecule has 2 atom stereocenters. The SMILES string of the molecule is O=C1Nc2ccc(-c3ccccc3F)cc2C(=O)N2CC(NS(=O)(=O)c3ccc(F)cc3)CC12. The predicted octanol–water partition coefficient (Wildman–Crippen LogP) is 3.15. The number of sulfonamides is 1. The van der Waals surface area contributed by atoms with E-state index in [0.717, 1.165) is 24.3 Å². The second-order valence-electron chi connectivity index (χ2n) is 8.21. The van der Waals surface area contributed by atoms with Gasteiger partial charge in [-0.05, 0) is 54.4 Å². The minimum Gasteiger partial charge on any atom is -0.325 e. The van der Waals surface area contributed by atoms with Crippen molar-refractivity contribution in [3.05, 3.63) is 83.9 Å². The Bertz CT molecular complexity index is 1410. The number of anilines is 1. The summed E-state index contributed by atoms with van der Waals surface area (Å²) in [4.78, 5) is 27.4. The number of halogens is 2. The molecule has 7 nitrogen and oxygen atoms in total. The van der Waals surface area contributed by atoms with Crippen LogP contribution in [0.5, 0.6) is 0 Å². The van der Waals surface area contributed by atoms with Crippen molar-refractivity contribution in [2.24, 2.45) is 0 Å². The molecule has 174 valence electrons. The van der Waals surface area contributed by atoms with E-state index in [1.807, 2.05) is 0 Å². The molecule has 0 aliphatic carbocycles. The van der Waals surface area contributed by atoms with Crippen molar-refractivity contribution in [3.63, 3.8) is 0 Å². The molecule has 2 unspecified atom stereocenters. The van der Waals surface area contributed by atoms with E-state index < -0.39 is 45.6 Å². The maximum atomic E-state index is 14.3. The Kier molecular flexibility index (Phi) is 5.41. The van der Waals surface area contributed by atoms with Crippen molar-refractivity contribution < 1.29 is 26.8 Å². The van der Waals surface area contributed by atoms with E-state index in [4.69, 9.17) is 0 Å². The highest BCUT2D eigenvalue weighted by Gasteiger charge is 2.44. The summed E-state index contributed by atoms with van der Waals surface area (Å²) in [6.07, 6.45) is 0.0756. The fourth-order valence-corrected chi connectivity index (χ4v) is 5.60. The minimum atomic E-state index is -3.98. The first-order chi connectivity index (χ1) is 16.2. The lowest BCUT2D eigenvalue weighted by molar-refractivity contribution is -0.119. The van der Waals surface area contributed by atoms with Gasteiger partial charge in [-0.2, -0.15) is 0 Å². The molecule has 0 saturated carbocycles. The highest BCUT2D eigenvalue weighted by Crippen LogP contribution is 2.33. The van der Waals surface area contributed by atoms with E-state index in [1.54, 1.807) is 30.3 Å². The zero-order valence-electron chi connectivity index (χ0n) is 17.7. The van der Waals surface area contributed by atoms with Crippen LogP contribution in [-0.2, 0) is 14.8 Å². The molecule has 3 aromatic rings. The maximum Gasteiger partial charge on any atom is 0.256 e. The molecule has 34 heavy (non-hydrogen) atoms. The molecule has 1 saturated heterocycles. The second kappa shape index (κ2) is 8.30. The number of nitrogens with zero attached hydrogens (tertiary/aromatic N) is 1. The van der Waals surface area contributed by atoms with Gasteiger partial charge in [-0.15, -0.1) is 0 Å². The van der Waals surface area contributed by atoms with Gasteiger partial charge in [0.1, 0.15) is 17.7 Å². The summed E-state index contributed by atoms with van der Waals surface area (Å²) in [6.45, 7) is -0.0271. The van der Waals surface area contributed by atoms with Crippen molar-refractivity contribution in [3.8, 4) is 11.1 Å². The molecule has 2 amide bonds. The lowest BCUT2D eigenvalue weighted by atomic mass is 10.0. The quantitative estimate of drug-likeness (QED) is 0.596. The minimum absolute atomic E-state index is 0.0271. The van der Waals surface area contributed by atoms with Crippen LogP contribution in [0.3, 0.4) is 0 Å². The van der Waals surface area contributed by atoms with Crippen LogP contribution < -0.4 is 10.0 Å². The number of rotatable bonds is 4. The number of hydrogen-bond donors (Lipinski definition) is 2. The molecule has 10 heteroatoms. The maximum absolute atomic E-state index is 14.3. The summed E-state index contributed by atoms with van der Waals surface area (Å²) < 4.78 is 55.3. The molecule has 1 fully saturated rings. The van der Waals surface area contributed by atoms with Crippen LogP contribution in [0, 0.1) is 11.6 Å². The van der Waals surface area contributed by atoms with E-state index >= 15 is 0 Å². The summed E-state index contributed by atoms with van der Waals surface area (Å²) in [6, 6.07) is 13.6. The normalized spacial score (nSPS) is 19.9. The number of amides is 2. The highest BCUT2D eigenvalue weighted by atomic mass is 32.2. The first-order valence-corrected chi connectivity index (χ1v) is 12.0. The van der Waals surface area contributed by atoms with Gasteiger partial charge in [0.05, 0.1) is 16.1 Å². The number of nitrogens with one attached hydrogen (secondary N) is 2. The molecular formula is C24H19F2N3O4S. The Hall–Kier alpha value is -3.63. The van der Waals surface area contributed by atoms with Crippen LogP contribution in [0.25, 0.3) is 11.1 Å². The van der Waals surface area contributed by atoms with Gasteiger partial charge in [0, 0.05) is 18.2 Å². The Morgan fingerprint density at radius 3 is 2.41 bits per heavy atom. The van der Waals surface area contributed by atoms with E-state index in [9.17, 15) is 26.8 Å². The van der Waals surface area contributed by atoms with Gasteiger partial charge in [-0.25, -0.2) is 21.9 Å². The van der Waals surface area contributed by atoms with Gasteiger partial charge < -0.3 is 10.2 Å². The highest BCUT2D eigenvalue weighted by molar-refractivity contribution is 7.89. The van der Waals surface area contributed by atoms with Gasteiger partial charge in [-0.1, -0.05) is 24.3 Å². The zero-order valence-corrected chi connectivity index (χ0v) is 18.5. The Morgan fingerprint density at radius 2 is 1.68 bits per heavy atom. The molecule has 0 spiro atoms. The third kappa shape index (κ3) is 3.95. The summed E-state index contributed by atoms with van der Waals surface area (Å²) in [7, 11) is -3.98. The Labute approximate surface area is 194 Å². The standard InChI is InChI=1S/C24H19F2N3O4S/c25-15-6-8-17(9-7-15)34(32,33)28-16-12-22-23(30)27-21-10-5-14(18-3-1-2-4-20(18)26)11-19(21)24(31)29(22)13-16/h1-11,16,22,28H,12-13H2,(H,27,30). The van der Waals surface area contributed by atoms with E-state index in [-0.39, 0.29) is 23.4 Å². The van der Waals surface area contributed by atoms with Crippen LogP contribution in [0.4, 0.5) is 14.5 Å². The summed E-state index contributed by atoms with van der Waals surface area (Å²) in [5.41, 5.74) is 1.30. The van der Waals surface area contributed by atoms with E-state index in [1.165, 1.54) is 17.0 Å². The molecule has 0 bridgehead atoms. The van der Waals surface area contributed by atoms with Crippen LogP contribution in [0.15, 0.2) is 71.6 Å². The average Bonchev–Trinajstić information content (AvgIpc) is 3.19. The fourth-order valence-electron chi connectivity index (χ4n) is 4.36. The molecular weight excluding hydrogens is 464 g/mol. The second-order valence-corrected chi connectivity index (χ2v) is 9.92. The number of hydrogen-bond acceptors (Lipinski definition) is 4. The van der Waals surface area contributed by atoms with Crippen molar-refractivity contribution in [2.75, 3.05) is 11.9 Å². The molecule has 3 aromatic carbocycles. The third-order valence-electron chi connectivity index (χ3n) is 6.00. The largest absolute Gasteiger partial charge is 0.325 e. The predicted molar refractivity (Wildman–Crippen MR) is 120 cm³/mol. The number of carbonyl (C=O) groups excluding carboxylic acids is 2. The van der Waals surface area contributed by atoms with Gasteiger partial charge >= 0.3 is 0 Å². The van der Waals surface area contributed by atoms with Gasteiger partial charge in [-0.3, -0.25) is 9.59 Å². The molecule has 0 radical (unpaired) electrons. The Morgan fingerprint density at radius 1 is 0.941 bits per heavy atom. The van der Waals surface area contributed by atoms with Crippen LogP contribution in [0.2, 0.25) is 0 Å². The summed E-state index contributed by atoms with van der Waals surface area (Å²) in [5.74, 6) is -1.90. The number of fused-ring (bicyclic) bond motifs is 2. The van der Waals surface area contributed by atoms with Crippen molar-refractivity contribution >= 4 is 27.5 Å². The van der Waals surface area contributed by atoms with Crippen molar-refractivity contribution in [1.82, 2.24) is 9.62 Å². The molecule has 0 aromatic heterocycles.